The van der Waals surface area contributed by atoms with Crippen LogP contribution >= 0.6 is 0 Å². The summed E-state index contributed by atoms with van der Waals surface area (Å²) in [5.74, 6) is -0.652. The Bertz CT molecular complexity index is 1360. The van der Waals surface area contributed by atoms with Crippen molar-refractivity contribution in [2.45, 2.75) is 46.6 Å². The highest BCUT2D eigenvalue weighted by Gasteiger charge is 2.30. The van der Waals surface area contributed by atoms with Crippen LogP contribution in [-0.2, 0) is 30.6 Å². The van der Waals surface area contributed by atoms with Crippen molar-refractivity contribution in [1.82, 2.24) is 30.6 Å². The van der Waals surface area contributed by atoms with Crippen LogP contribution in [0.5, 0.6) is 0 Å². The van der Waals surface area contributed by atoms with Gasteiger partial charge in [0, 0.05) is 36.4 Å². The van der Waals surface area contributed by atoms with E-state index in [2.05, 4.69) is 31.5 Å². The molecule has 3 aromatic rings. The minimum Gasteiger partial charge on any atom is -0.350 e. The fraction of sp³-hybridized carbons (Fsp3) is 0.292. The highest BCUT2D eigenvalue weighted by Crippen LogP contribution is 2.29. The van der Waals surface area contributed by atoms with E-state index in [0.29, 0.717) is 5.69 Å². The Kier molecular flexibility index (Phi) is 8.48. The Hall–Kier alpha value is -4.42. The first-order valence-electron chi connectivity index (χ1n) is 11.2. The van der Waals surface area contributed by atoms with Crippen LogP contribution in [0.4, 0.5) is 23.8 Å². The van der Waals surface area contributed by atoms with Gasteiger partial charge in [0.2, 0.25) is 11.7 Å². The first-order chi connectivity index (χ1) is 17.4. The fourth-order valence-corrected chi connectivity index (χ4v) is 3.35. The minimum absolute atomic E-state index is 0.181. The van der Waals surface area contributed by atoms with E-state index in [4.69, 9.17) is 0 Å². The van der Waals surface area contributed by atoms with Gasteiger partial charge >= 0.3 is 12.2 Å². The lowest BCUT2D eigenvalue weighted by Gasteiger charge is -2.14. The molecule has 196 valence electrons. The van der Waals surface area contributed by atoms with Gasteiger partial charge in [0.05, 0.1) is 5.56 Å². The third kappa shape index (κ3) is 7.53. The van der Waals surface area contributed by atoms with E-state index in [9.17, 15) is 27.6 Å². The van der Waals surface area contributed by atoms with Crippen LogP contribution in [0.3, 0.4) is 0 Å². The number of pyridine rings is 1. The molecule has 1 aromatic carbocycles. The number of hydrogen-bond acceptors (Lipinski definition) is 6. The topological polar surface area (TPSA) is 130 Å². The van der Waals surface area contributed by atoms with Crippen LogP contribution in [0.2, 0.25) is 0 Å². The summed E-state index contributed by atoms with van der Waals surface area (Å²) in [6, 6.07) is 7.44. The first-order valence-corrected chi connectivity index (χ1v) is 11.2. The average molecular weight is 518 g/mol. The van der Waals surface area contributed by atoms with Crippen molar-refractivity contribution in [1.29, 1.82) is 0 Å². The molecule has 37 heavy (non-hydrogen) atoms. The molecule has 0 bridgehead atoms. The van der Waals surface area contributed by atoms with Crippen LogP contribution in [0, 0.1) is 20.8 Å². The number of hydrazine groups is 1. The lowest BCUT2D eigenvalue weighted by Crippen LogP contribution is -2.41. The number of carbonyl (C=O) groups excluding carboxylic acids is 2. The number of alkyl halides is 3. The summed E-state index contributed by atoms with van der Waals surface area (Å²) in [5, 5.41) is 5.13. The lowest BCUT2D eigenvalue weighted by molar-refractivity contribution is -0.137. The van der Waals surface area contributed by atoms with Crippen molar-refractivity contribution >= 4 is 17.8 Å². The molecule has 0 saturated heterocycles. The number of halogens is 3. The molecule has 0 atom stereocenters. The van der Waals surface area contributed by atoms with Gasteiger partial charge in [-0.15, -0.1) is 0 Å². The Labute approximate surface area is 210 Å². The second-order valence-electron chi connectivity index (χ2n) is 8.24. The number of aromatic nitrogens is 3. The molecule has 0 spiro atoms. The molecule has 0 fully saturated rings. The number of anilines is 1. The minimum atomic E-state index is -4.50. The van der Waals surface area contributed by atoms with Gasteiger partial charge in [0.25, 0.3) is 5.56 Å². The number of nitrogens with zero attached hydrogens (tertiary/aromatic N) is 3. The second-order valence-corrected chi connectivity index (χ2v) is 8.24. The van der Waals surface area contributed by atoms with Gasteiger partial charge in [-0.3, -0.25) is 30.0 Å². The van der Waals surface area contributed by atoms with Gasteiger partial charge in [-0.05, 0) is 50.1 Å². The maximum Gasteiger partial charge on any atom is 0.416 e. The number of aryl methyl sites for hydroxylation is 3. The SMILES string of the molecule is Cc1ccc(CNC(=O)Cn2c(C)cnc(NNC(=O)NCc3cccc(C(F)(F)F)c3)c2=O)c(C)n1. The Morgan fingerprint density at radius 2 is 1.78 bits per heavy atom. The molecular formula is C24H26F3N7O3. The van der Waals surface area contributed by atoms with Gasteiger partial charge < -0.3 is 10.6 Å². The number of carbonyl (C=O) groups is 2. The molecule has 0 saturated carbocycles. The van der Waals surface area contributed by atoms with E-state index in [1.807, 2.05) is 26.0 Å². The van der Waals surface area contributed by atoms with Crippen molar-refractivity contribution in [3.63, 3.8) is 0 Å². The number of nitrogens with one attached hydrogen (secondary N) is 4. The van der Waals surface area contributed by atoms with Gasteiger partial charge in [0.15, 0.2) is 0 Å². The largest absolute Gasteiger partial charge is 0.416 e. The summed E-state index contributed by atoms with van der Waals surface area (Å²) in [5.41, 5.74) is 6.26. The monoisotopic (exact) mass is 517 g/mol. The van der Waals surface area contributed by atoms with Gasteiger partial charge in [-0.1, -0.05) is 18.2 Å². The molecule has 0 aliphatic heterocycles. The van der Waals surface area contributed by atoms with Crippen LogP contribution in [-0.4, -0.2) is 26.5 Å². The molecule has 3 rings (SSSR count). The number of benzene rings is 1. The fourth-order valence-electron chi connectivity index (χ4n) is 3.35. The molecule has 3 amide bonds. The lowest BCUT2D eigenvalue weighted by atomic mass is 10.1. The van der Waals surface area contributed by atoms with Crippen LogP contribution in [0.15, 0.2) is 47.4 Å². The third-order valence-electron chi connectivity index (χ3n) is 5.37. The summed E-state index contributed by atoms with van der Waals surface area (Å²) in [6.45, 7) is 5.10. The second kappa shape index (κ2) is 11.5. The number of urea groups is 1. The highest BCUT2D eigenvalue weighted by molar-refractivity contribution is 5.76. The molecule has 0 aliphatic carbocycles. The predicted octanol–water partition coefficient (Wildman–Crippen LogP) is 2.73. The summed E-state index contributed by atoms with van der Waals surface area (Å²) in [6.07, 6.45) is -3.14. The third-order valence-corrected chi connectivity index (χ3v) is 5.37. The molecule has 2 heterocycles. The van der Waals surface area contributed by atoms with Gasteiger partial charge in [0.1, 0.15) is 6.54 Å². The highest BCUT2D eigenvalue weighted by atomic mass is 19.4. The summed E-state index contributed by atoms with van der Waals surface area (Å²) in [7, 11) is 0. The maximum atomic E-state index is 12.8. The summed E-state index contributed by atoms with van der Waals surface area (Å²) in [4.78, 5) is 45.6. The Balaban J connectivity index is 1.56. The van der Waals surface area contributed by atoms with Gasteiger partial charge in [-0.25, -0.2) is 9.78 Å². The smallest absolute Gasteiger partial charge is 0.350 e. The molecule has 0 radical (unpaired) electrons. The zero-order valence-electron chi connectivity index (χ0n) is 20.4. The number of amides is 3. The first kappa shape index (κ1) is 27.2. The van der Waals surface area contributed by atoms with Crippen molar-refractivity contribution in [3.8, 4) is 0 Å². The van der Waals surface area contributed by atoms with E-state index < -0.39 is 29.2 Å². The van der Waals surface area contributed by atoms with E-state index in [-0.39, 0.29) is 31.0 Å². The van der Waals surface area contributed by atoms with E-state index >= 15 is 0 Å². The van der Waals surface area contributed by atoms with Crippen LogP contribution in [0.1, 0.15) is 33.8 Å². The molecule has 2 aromatic heterocycles. The zero-order valence-corrected chi connectivity index (χ0v) is 20.4. The van der Waals surface area contributed by atoms with Crippen molar-refractivity contribution in [2.75, 3.05) is 5.43 Å². The predicted molar refractivity (Wildman–Crippen MR) is 129 cm³/mol. The summed E-state index contributed by atoms with van der Waals surface area (Å²) >= 11 is 0. The zero-order chi connectivity index (χ0) is 27.2. The maximum absolute atomic E-state index is 12.8. The molecule has 10 nitrogen and oxygen atoms in total. The summed E-state index contributed by atoms with van der Waals surface area (Å²) < 4.78 is 39.7. The van der Waals surface area contributed by atoms with E-state index in [0.717, 1.165) is 29.1 Å². The van der Waals surface area contributed by atoms with Crippen molar-refractivity contribution in [3.05, 3.63) is 86.7 Å². The molecular weight excluding hydrogens is 491 g/mol. The van der Waals surface area contributed by atoms with Gasteiger partial charge in [-0.2, -0.15) is 13.2 Å². The molecule has 4 N–H and O–H groups in total. The van der Waals surface area contributed by atoms with Crippen LogP contribution < -0.4 is 27.0 Å². The number of rotatable bonds is 8. The number of hydrogen-bond donors (Lipinski definition) is 4. The van der Waals surface area contributed by atoms with Crippen LogP contribution in [0.25, 0.3) is 0 Å². The van der Waals surface area contributed by atoms with E-state index in [1.165, 1.54) is 22.9 Å². The van der Waals surface area contributed by atoms with Crippen molar-refractivity contribution in [2.24, 2.45) is 0 Å². The molecule has 13 heteroatoms. The van der Waals surface area contributed by atoms with Crippen molar-refractivity contribution < 1.29 is 22.8 Å². The molecule has 0 unspecified atom stereocenters. The van der Waals surface area contributed by atoms with E-state index in [1.54, 1.807) is 6.92 Å². The molecule has 0 aliphatic rings. The standard InChI is InChI=1S/C24H26F3N7O3/c1-14-7-8-18(16(3)31-14)12-28-20(35)13-34-15(2)10-29-21(22(34)36)32-33-23(37)30-11-17-5-4-6-19(9-17)24(25,26)27/h4-10H,11-13H2,1-3H3,(H,28,35)(H,29,32)(H2,30,33,37). The normalized spacial score (nSPS) is 11.1. The Morgan fingerprint density at radius 3 is 2.49 bits per heavy atom. The Morgan fingerprint density at radius 1 is 1.03 bits per heavy atom. The average Bonchev–Trinajstić information content (AvgIpc) is 2.84. The quantitative estimate of drug-likeness (QED) is 0.340.